The number of amides is 1. The Bertz CT molecular complexity index is 803. The molecule has 0 saturated carbocycles. The number of hydrogen-bond acceptors (Lipinski definition) is 6. The van der Waals surface area contributed by atoms with E-state index >= 15 is 0 Å². The number of piperidine rings is 1. The molecule has 140 valence electrons. The fourth-order valence-corrected chi connectivity index (χ4v) is 3.29. The number of aromatic nitrogens is 5. The van der Waals surface area contributed by atoms with E-state index in [1.54, 1.807) is 21.8 Å². The number of rotatable bonds is 4. The molecule has 1 amide bonds. The third kappa shape index (κ3) is 3.46. The van der Waals surface area contributed by atoms with Crippen molar-refractivity contribution in [3.05, 3.63) is 34.9 Å². The maximum Gasteiger partial charge on any atom is 0.255 e. The number of aryl methyl sites for hydroxylation is 2. The molecule has 1 saturated heterocycles. The Morgan fingerprint density at radius 3 is 2.77 bits per heavy atom. The van der Waals surface area contributed by atoms with Gasteiger partial charge in [-0.15, -0.1) is 5.10 Å². The predicted octanol–water partition coefficient (Wildman–Crippen LogP) is 1.64. The van der Waals surface area contributed by atoms with Crippen LogP contribution in [0.25, 0.3) is 0 Å². The molecule has 1 fully saturated rings. The van der Waals surface area contributed by atoms with Crippen LogP contribution in [0.1, 0.15) is 67.1 Å². The van der Waals surface area contributed by atoms with Gasteiger partial charge in [-0.1, -0.05) is 12.1 Å². The maximum atomic E-state index is 13.1. The van der Waals surface area contributed by atoms with Gasteiger partial charge in [0, 0.05) is 12.6 Å². The molecule has 1 aliphatic heterocycles. The van der Waals surface area contributed by atoms with Crippen LogP contribution < -0.4 is 0 Å². The molecule has 0 spiro atoms. The number of hydrogen-bond donors (Lipinski definition) is 1. The molecule has 8 nitrogen and oxygen atoms in total. The van der Waals surface area contributed by atoms with Crippen LogP contribution in [0.4, 0.5) is 0 Å². The van der Waals surface area contributed by atoms with Gasteiger partial charge >= 0.3 is 0 Å². The number of likely N-dealkylation sites (tertiary alicyclic amines) is 1. The quantitative estimate of drug-likeness (QED) is 0.892. The van der Waals surface area contributed by atoms with Crippen molar-refractivity contribution in [1.82, 2.24) is 30.1 Å². The summed E-state index contributed by atoms with van der Waals surface area (Å²) in [6.45, 7) is 8.58. The lowest BCUT2D eigenvalue weighted by atomic mass is 9.89. The molecular weight excluding hydrogens is 332 g/mol. The highest BCUT2D eigenvalue weighted by Crippen LogP contribution is 2.31. The lowest BCUT2D eigenvalue weighted by Crippen LogP contribution is -2.49. The first-order chi connectivity index (χ1) is 12.3. The van der Waals surface area contributed by atoms with Gasteiger partial charge in [-0.25, -0.2) is 4.68 Å². The molecule has 8 heteroatoms. The van der Waals surface area contributed by atoms with Gasteiger partial charge in [-0.3, -0.25) is 4.79 Å². The van der Waals surface area contributed by atoms with Crippen molar-refractivity contribution < 1.29 is 9.90 Å². The summed E-state index contributed by atoms with van der Waals surface area (Å²) in [7, 11) is 0. The van der Waals surface area contributed by atoms with Crippen molar-refractivity contribution in [1.29, 1.82) is 0 Å². The molecule has 3 heterocycles. The molecule has 1 aliphatic rings. The Morgan fingerprint density at radius 1 is 1.35 bits per heavy atom. The van der Waals surface area contributed by atoms with Gasteiger partial charge in [-0.2, -0.15) is 10.2 Å². The van der Waals surface area contributed by atoms with Gasteiger partial charge < -0.3 is 10.0 Å². The van der Waals surface area contributed by atoms with Crippen molar-refractivity contribution in [2.24, 2.45) is 0 Å². The minimum Gasteiger partial charge on any atom is -0.382 e. The van der Waals surface area contributed by atoms with Crippen LogP contribution in [-0.4, -0.2) is 54.2 Å². The Labute approximate surface area is 153 Å². The highest BCUT2D eigenvalue weighted by atomic mass is 16.3. The summed E-state index contributed by atoms with van der Waals surface area (Å²) in [6, 6.07) is 1.94. The molecular formula is C18H26N6O2. The van der Waals surface area contributed by atoms with Crippen molar-refractivity contribution in [2.45, 2.75) is 58.6 Å². The third-order valence-electron chi connectivity index (χ3n) is 4.83. The number of nitrogens with zero attached hydrogens (tertiary/aromatic N) is 6. The van der Waals surface area contributed by atoms with Crippen LogP contribution in [0, 0.1) is 6.92 Å². The van der Waals surface area contributed by atoms with E-state index < -0.39 is 5.60 Å². The molecule has 0 radical (unpaired) electrons. The molecule has 2 aromatic heterocycles. The summed E-state index contributed by atoms with van der Waals surface area (Å²) in [6.07, 6.45) is 3.67. The minimum absolute atomic E-state index is 0.116. The van der Waals surface area contributed by atoms with Crippen LogP contribution in [0.3, 0.4) is 0 Å². The Kier molecular flexibility index (Phi) is 5.04. The van der Waals surface area contributed by atoms with Gasteiger partial charge in [-0.05, 0) is 46.1 Å². The number of carbonyl (C=O) groups excluding carboxylic acids is 1. The predicted molar refractivity (Wildman–Crippen MR) is 95.6 cm³/mol. The Balaban J connectivity index is 1.85. The second-order valence-corrected chi connectivity index (χ2v) is 7.24. The van der Waals surface area contributed by atoms with Crippen molar-refractivity contribution in [2.75, 3.05) is 13.1 Å². The van der Waals surface area contributed by atoms with Crippen molar-refractivity contribution in [3.63, 3.8) is 0 Å². The van der Waals surface area contributed by atoms with Crippen LogP contribution in [0.15, 0.2) is 12.3 Å². The monoisotopic (exact) mass is 358 g/mol. The summed E-state index contributed by atoms with van der Waals surface area (Å²) >= 11 is 0. The first kappa shape index (κ1) is 18.4. The molecule has 0 aliphatic carbocycles. The van der Waals surface area contributed by atoms with E-state index in [9.17, 15) is 9.90 Å². The number of carbonyl (C=O) groups is 1. The normalized spacial score (nSPS) is 20.6. The van der Waals surface area contributed by atoms with Crippen molar-refractivity contribution >= 4 is 5.91 Å². The van der Waals surface area contributed by atoms with Crippen LogP contribution >= 0.6 is 0 Å². The second-order valence-electron chi connectivity index (χ2n) is 7.24. The summed E-state index contributed by atoms with van der Waals surface area (Å²) < 4.78 is 1.72. The Hall–Kier alpha value is -2.35. The lowest BCUT2D eigenvalue weighted by molar-refractivity contribution is -0.0321. The van der Waals surface area contributed by atoms with E-state index in [1.165, 1.54) is 0 Å². The Morgan fingerprint density at radius 2 is 2.12 bits per heavy atom. The van der Waals surface area contributed by atoms with E-state index in [-0.39, 0.29) is 18.5 Å². The van der Waals surface area contributed by atoms with Gasteiger partial charge in [0.25, 0.3) is 5.91 Å². The van der Waals surface area contributed by atoms with E-state index in [0.717, 1.165) is 0 Å². The average Bonchev–Trinajstić information content (AvgIpc) is 3.12. The molecule has 0 bridgehead atoms. The molecule has 1 atom stereocenters. The summed E-state index contributed by atoms with van der Waals surface area (Å²) in [5.41, 5.74) is 1.29. The average molecular weight is 358 g/mol. The lowest BCUT2D eigenvalue weighted by Gasteiger charge is -2.38. The largest absolute Gasteiger partial charge is 0.382 e. The van der Waals surface area contributed by atoms with Gasteiger partial charge in [0.2, 0.25) is 0 Å². The van der Waals surface area contributed by atoms with Crippen molar-refractivity contribution in [3.8, 4) is 0 Å². The van der Waals surface area contributed by atoms with Gasteiger partial charge in [0.15, 0.2) is 0 Å². The van der Waals surface area contributed by atoms with E-state index in [2.05, 4.69) is 20.5 Å². The molecule has 2 aromatic rings. The number of β-amino-alcohol motifs (C(OH)–C–C–N with tert-alkyl or cyclic N) is 1. The van der Waals surface area contributed by atoms with Crippen LogP contribution in [0.5, 0.6) is 0 Å². The topological polar surface area (TPSA) is 97.0 Å². The second kappa shape index (κ2) is 7.11. The van der Waals surface area contributed by atoms with Gasteiger partial charge in [0.1, 0.15) is 11.3 Å². The molecule has 0 unspecified atom stereocenters. The molecule has 1 N–H and O–H groups in total. The van der Waals surface area contributed by atoms with E-state index in [0.29, 0.717) is 48.5 Å². The standard InChI is InChI=1S/C18H26N6O2/c1-5-15-14(9-13(4)19-20-15)17(25)23-8-6-7-18(26,11-23)16-10-24(12(2)3)22-21-16/h9-10,12,26H,5-8,11H2,1-4H3/t18-/m1/s1. The van der Waals surface area contributed by atoms with Gasteiger partial charge in [0.05, 0.1) is 29.7 Å². The summed E-state index contributed by atoms with van der Waals surface area (Å²) in [5.74, 6) is -0.116. The highest BCUT2D eigenvalue weighted by molar-refractivity contribution is 5.95. The molecule has 3 rings (SSSR count). The third-order valence-corrected chi connectivity index (χ3v) is 4.83. The zero-order valence-corrected chi connectivity index (χ0v) is 15.8. The molecule has 26 heavy (non-hydrogen) atoms. The maximum absolute atomic E-state index is 13.1. The summed E-state index contributed by atoms with van der Waals surface area (Å²) in [5, 5.41) is 27.6. The van der Waals surface area contributed by atoms with Crippen LogP contribution in [-0.2, 0) is 12.0 Å². The van der Waals surface area contributed by atoms with E-state index in [1.807, 2.05) is 27.7 Å². The summed E-state index contributed by atoms with van der Waals surface area (Å²) in [4.78, 5) is 14.8. The fraction of sp³-hybridized carbons (Fsp3) is 0.611. The SMILES string of the molecule is CCc1nnc(C)cc1C(=O)N1CCC[C@](O)(c2cn(C(C)C)nn2)C1. The minimum atomic E-state index is -1.18. The van der Waals surface area contributed by atoms with E-state index in [4.69, 9.17) is 0 Å². The first-order valence-electron chi connectivity index (χ1n) is 9.11. The smallest absolute Gasteiger partial charge is 0.255 e. The first-order valence-corrected chi connectivity index (χ1v) is 9.11. The fourth-order valence-electron chi connectivity index (χ4n) is 3.29. The zero-order valence-electron chi connectivity index (χ0n) is 15.8. The number of aliphatic hydroxyl groups is 1. The highest BCUT2D eigenvalue weighted by Gasteiger charge is 2.39. The zero-order chi connectivity index (χ0) is 18.9. The molecule has 0 aromatic carbocycles. The van der Waals surface area contributed by atoms with Crippen LogP contribution in [0.2, 0.25) is 0 Å².